The van der Waals surface area contributed by atoms with Crippen LogP contribution in [0.4, 0.5) is 4.79 Å². The maximum Gasteiger partial charge on any atom is 0.318 e. The van der Waals surface area contributed by atoms with Gasteiger partial charge in [-0.1, -0.05) is 75.1 Å². The molecule has 0 saturated carbocycles. The summed E-state index contributed by atoms with van der Waals surface area (Å²) in [6.07, 6.45) is 10.2. The van der Waals surface area contributed by atoms with Gasteiger partial charge in [0.1, 0.15) is 10.4 Å². The summed E-state index contributed by atoms with van der Waals surface area (Å²) in [6.45, 7) is 19.4. The zero-order chi connectivity index (χ0) is 29.2. The molecule has 0 unspecified atom stereocenters. The van der Waals surface area contributed by atoms with E-state index in [-0.39, 0.29) is 11.9 Å². The van der Waals surface area contributed by atoms with Gasteiger partial charge in [0.05, 0.1) is 5.69 Å². The molecule has 1 aromatic heterocycles. The van der Waals surface area contributed by atoms with Crippen LogP contribution >= 0.6 is 12.2 Å². The first-order chi connectivity index (χ1) is 19.2. The predicted octanol–water partition coefficient (Wildman–Crippen LogP) is 5.65. The Morgan fingerprint density at radius 2 is 1.85 bits per heavy atom. The molecule has 7 nitrogen and oxygen atoms in total. The normalized spacial score (nSPS) is 16.1. The number of carbonyl (C=O) groups is 1. The third kappa shape index (κ3) is 7.54. The van der Waals surface area contributed by atoms with Crippen LogP contribution in [0.2, 0.25) is 0 Å². The van der Waals surface area contributed by atoms with Crippen LogP contribution in [0.25, 0.3) is 17.2 Å². The van der Waals surface area contributed by atoms with E-state index in [1.165, 1.54) is 0 Å². The van der Waals surface area contributed by atoms with Crippen molar-refractivity contribution < 1.29 is 9.53 Å². The number of ether oxygens (including phenoxy) is 1. The van der Waals surface area contributed by atoms with Crippen molar-refractivity contribution in [2.45, 2.75) is 47.5 Å². The second kappa shape index (κ2) is 14.4. The van der Waals surface area contributed by atoms with Gasteiger partial charge in [-0.3, -0.25) is 10.2 Å². The van der Waals surface area contributed by atoms with Gasteiger partial charge >= 0.3 is 6.03 Å². The molecule has 3 rings (SSSR count). The number of hydrogen-bond donors (Lipinski definition) is 5. The second-order valence-electron chi connectivity index (χ2n) is 9.77. The average Bonchev–Trinajstić information content (AvgIpc) is 3.25. The Morgan fingerprint density at radius 3 is 2.55 bits per heavy atom. The SMILES string of the molecule is C=C(NCC)OC(=C)/C(=C\C(=C(/C)NC(=O)NCC)C(C)C)c1[nH][nH]c(=S)c1/C1=c2\cccc\c2=C\CC=CC1. The smallest absolute Gasteiger partial charge is 0.318 e. The zero-order valence-corrected chi connectivity index (χ0v) is 25.0. The quantitative estimate of drug-likeness (QED) is 0.107. The monoisotopic (exact) mass is 559 g/mol. The van der Waals surface area contributed by atoms with Gasteiger partial charge in [0, 0.05) is 29.9 Å². The molecule has 1 heterocycles. The molecule has 0 atom stereocenters. The summed E-state index contributed by atoms with van der Waals surface area (Å²) in [6, 6.07) is 8.10. The highest BCUT2D eigenvalue weighted by molar-refractivity contribution is 7.71. The number of allylic oxidation sites excluding steroid dienone is 6. The fourth-order valence-corrected chi connectivity index (χ4v) is 4.95. The van der Waals surface area contributed by atoms with E-state index >= 15 is 0 Å². The highest BCUT2D eigenvalue weighted by Gasteiger charge is 2.22. The first kappa shape index (κ1) is 30.5. The van der Waals surface area contributed by atoms with Gasteiger partial charge in [0.25, 0.3) is 0 Å². The molecule has 1 aromatic carbocycles. The predicted molar refractivity (Wildman–Crippen MR) is 168 cm³/mol. The molecule has 0 saturated heterocycles. The van der Waals surface area contributed by atoms with E-state index in [1.807, 2.05) is 32.9 Å². The van der Waals surface area contributed by atoms with E-state index in [2.05, 4.69) is 89.6 Å². The van der Waals surface area contributed by atoms with Gasteiger partial charge in [-0.25, -0.2) is 4.79 Å². The maximum absolute atomic E-state index is 12.4. The third-order valence-electron chi connectivity index (χ3n) is 6.51. The number of nitrogens with one attached hydrogen (secondary N) is 5. The van der Waals surface area contributed by atoms with Crippen molar-refractivity contribution in [2.24, 2.45) is 5.92 Å². The number of urea groups is 1. The van der Waals surface area contributed by atoms with Crippen LogP contribution in [0.3, 0.4) is 0 Å². The van der Waals surface area contributed by atoms with E-state index in [0.717, 1.165) is 45.0 Å². The summed E-state index contributed by atoms with van der Waals surface area (Å²) in [5.41, 5.74) is 5.07. The number of fused-ring (bicyclic) bond motifs is 1. The largest absolute Gasteiger partial charge is 0.442 e. The van der Waals surface area contributed by atoms with Crippen LogP contribution in [0.5, 0.6) is 0 Å². The number of benzene rings is 1. The lowest BCUT2D eigenvalue weighted by Gasteiger charge is -2.19. The van der Waals surface area contributed by atoms with Crippen molar-refractivity contribution in [3.63, 3.8) is 0 Å². The molecular formula is C32H41N5O2S. The molecule has 1 aliphatic carbocycles. The minimum Gasteiger partial charge on any atom is -0.442 e. The van der Waals surface area contributed by atoms with Crippen molar-refractivity contribution >= 4 is 35.5 Å². The highest BCUT2D eigenvalue weighted by Crippen LogP contribution is 2.33. The summed E-state index contributed by atoms with van der Waals surface area (Å²) in [4.78, 5) is 12.4. The molecule has 212 valence electrons. The van der Waals surface area contributed by atoms with Crippen molar-refractivity contribution in [1.82, 2.24) is 26.1 Å². The second-order valence-corrected chi connectivity index (χ2v) is 10.2. The van der Waals surface area contributed by atoms with Crippen LogP contribution in [0.15, 0.2) is 78.6 Å². The fourth-order valence-electron chi connectivity index (χ4n) is 4.68. The molecule has 8 heteroatoms. The number of amides is 2. The summed E-state index contributed by atoms with van der Waals surface area (Å²) in [5, 5.41) is 17.6. The van der Waals surface area contributed by atoms with E-state index in [9.17, 15) is 4.79 Å². The van der Waals surface area contributed by atoms with Gasteiger partial charge in [0.15, 0.2) is 5.88 Å². The summed E-state index contributed by atoms with van der Waals surface area (Å²) < 4.78 is 6.65. The molecule has 2 aromatic rings. The lowest BCUT2D eigenvalue weighted by molar-refractivity contribution is 0.243. The standard InChI is InChI=1S/C32H41N5O2S/c1-8-33-23(7)39-22(6)28(19-27(20(3)4)21(5)35-32(38)34-9-2)30-29(31(40)37-36-30)26-18-12-10-11-15-24-16-13-14-17-25(24)26/h10,12-17,19-20,33H,6-9,11,18H2,1-5H3,(H2,34,35,38)(H2,36,37,40)/b12-10?,24-15-,26-25+,27-21-,28-19+. The first-order valence-electron chi connectivity index (χ1n) is 13.7. The van der Waals surface area contributed by atoms with E-state index in [1.54, 1.807) is 0 Å². The molecule has 0 spiro atoms. The van der Waals surface area contributed by atoms with Gasteiger partial charge < -0.3 is 20.7 Å². The van der Waals surface area contributed by atoms with Crippen molar-refractivity contribution in [3.8, 4) is 0 Å². The Bertz CT molecular complexity index is 1540. The molecule has 0 fully saturated rings. The topological polar surface area (TPSA) is 94.0 Å². The van der Waals surface area contributed by atoms with E-state index < -0.39 is 0 Å². The highest BCUT2D eigenvalue weighted by atomic mass is 32.1. The molecule has 5 N–H and O–H groups in total. The third-order valence-corrected chi connectivity index (χ3v) is 6.82. The van der Waals surface area contributed by atoms with Crippen LogP contribution in [0, 0.1) is 10.6 Å². The molecule has 0 radical (unpaired) electrons. The molecule has 0 bridgehead atoms. The fraction of sp³-hybridized carbons (Fsp3) is 0.312. The van der Waals surface area contributed by atoms with Gasteiger partial charge in [-0.05, 0) is 73.8 Å². The minimum absolute atomic E-state index is 0.0827. The Labute approximate surface area is 242 Å². The summed E-state index contributed by atoms with van der Waals surface area (Å²) >= 11 is 5.85. The zero-order valence-electron chi connectivity index (χ0n) is 24.2. The lowest BCUT2D eigenvalue weighted by Crippen LogP contribution is -2.34. The Morgan fingerprint density at radius 1 is 1.12 bits per heavy atom. The van der Waals surface area contributed by atoms with Crippen LogP contribution in [0.1, 0.15) is 58.7 Å². The number of aromatic nitrogens is 2. The van der Waals surface area contributed by atoms with Crippen molar-refractivity contribution in [1.29, 1.82) is 0 Å². The Hall–Kier alpha value is -4.04. The van der Waals surface area contributed by atoms with E-state index in [0.29, 0.717) is 41.4 Å². The van der Waals surface area contributed by atoms with Crippen LogP contribution in [-0.4, -0.2) is 29.3 Å². The number of H-pyrrole nitrogens is 2. The van der Waals surface area contributed by atoms with Gasteiger partial charge in [0.2, 0.25) is 0 Å². The number of carbonyl (C=O) groups excluding carboxylic acids is 1. The van der Waals surface area contributed by atoms with E-state index in [4.69, 9.17) is 17.0 Å². The van der Waals surface area contributed by atoms with Gasteiger partial charge in [-0.15, -0.1) is 0 Å². The summed E-state index contributed by atoms with van der Waals surface area (Å²) in [5.74, 6) is 0.866. The maximum atomic E-state index is 12.4. The molecule has 1 aliphatic rings. The molecule has 40 heavy (non-hydrogen) atoms. The lowest BCUT2D eigenvalue weighted by atomic mass is 9.92. The van der Waals surface area contributed by atoms with Crippen LogP contribution < -0.4 is 26.4 Å². The Kier molecular flexibility index (Phi) is 11.0. The van der Waals surface area contributed by atoms with Crippen molar-refractivity contribution in [2.75, 3.05) is 13.1 Å². The number of aromatic amines is 2. The molecular weight excluding hydrogens is 518 g/mol. The number of hydrogen-bond acceptors (Lipinski definition) is 4. The van der Waals surface area contributed by atoms with Gasteiger partial charge in [-0.2, -0.15) is 0 Å². The van der Waals surface area contributed by atoms with Crippen LogP contribution in [-0.2, 0) is 4.74 Å². The van der Waals surface area contributed by atoms with Crippen molar-refractivity contribution in [3.05, 3.63) is 105 Å². The summed E-state index contributed by atoms with van der Waals surface area (Å²) in [7, 11) is 0. The Balaban J connectivity index is 2.32. The number of rotatable bonds is 11. The molecule has 0 aliphatic heterocycles. The minimum atomic E-state index is -0.254. The first-order valence-corrected chi connectivity index (χ1v) is 14.1. The average molecular weight is 560 g/mol. The molecule has 2 amide bonds.